The lowest BCUT2D eigenvalue weighted by Crippen LogP contribution is -2.27. The van der Waals surface area contributed by atoms with Gasteiger partial charge in [-0.05, 0) is 6.42 Å². The van der Waals surface area contributed by atoms with Gasteiger partial charge < -0.3 is 9.84 Å². The summed E-state index contributed by atoms with van der Waals surface area (Å²) in [6, 6.07) is 9.52. The first kappa shape index (κ1) is 11.2. The molecule has 0 saturated carbocycles. The highest BCUT2D eigenvalue weighted by Crippen LogP contribution is 2.27. The third-order valence-electron chi connectivity index (χ3n) is 2.43. The number of ether oxygens (including phenoxy) is 1. The highest BCUT2D eigenvalue weighted by atomic mass is 16.6. The molecule has 0 spiro atoms. The van der Waals surface area contributed by atoms with Crippen LogP contribution in [0.2, 0.25) is 0 Å². The van der Waals surface area contributed by atoms with E-state index >= 15 is 0 Å². The predicted octanol–water partition coefficient (Wildman–Crippen LogP) is 2.67. The van der Waals surface area contributed by atoms with Gasteiger partial charge in [0.15, 0.2) is 5.79 Å². The van der Waals surface area contributed by atoms with Crippen LogP contribution in [0.1, 0.15) is 31.7 Å². The van der Waals surface area contributed by atoms with Gasteiger partial charge in [0.1, 0.15) is 0 Å². The molecule has 2 nitrogen and oxygen atoms in total. The lowest BCUT2D eigenvalue weighted by molar-refractivity contribution is -0.199. The van der Waals surface area contributed by atoms with E-state index in [1.54, 1.807) is 7.11 Å². The summed E-state index contributed by atoms with van der Waals surface area (Å²) < 4.78 is 5.18. The Labute approximate surface area is 85.5 Å². The van der Waals surface area contributed by atoms with Crippen molar-refractivity contribution in [3.8, 4) is 0 Å². The van der Waals surface area contributed by atoms with Crippen molar-refractivity contribution in [3.05, 3.63) is 35.9 Å². The molecule has 1 unspecified atom stereocenters. The maximum atomic E-state index is 10.2. The Hall–Kier alpha value is -0.860. The quantitative estimate of drug-likeness (QED) is 0.730. The lowest BCUT2D eigenvalue weighted by atomic mass is 10.00. The topological polar surface area (TPSA) is 29.5 Å². The van der Waals surface area contributed by atoms with Gasteiger partial charge in [-0.15, -0.1) is 0 Å². The normalized spacial score (nSPS) is 15.1. The van der Waals surface area contributed by atoms with Gasteiger partial charge in [-0.25, -0.2) is 0 Å². The number of hydrogen-bond acceptors (Lipinski definition) is 2. The van der Waals surface area contributed by atoms with E-state index < -0.39 is 5.79 Å². The summed E-state index contributed by atoms with van der Waals surface area (Å²) in [6.07, 6.45) is 2.65. The van der Waals surface area contributed by atoms with Crippen molar-refractivity contribution >= 4 is 0 Å². The van der Waals surface area contributed by atoms with E-state index in [1.165, 1.54) is 0 Å². The molecule has 0 heterocycles. The minimum atomic E-state index is -1.11. The first-order chi connectivity index (χ1) is 6.73. The van der Waals surface area contributed by atoms with Crippen molar-refractivity contribution in [3.63, 3.8) is 0 Å². The molecule has 0 aromatic heterocycles. The Morgan fingerprint density at radius 1 is 1.29 bits per heavy atom. The Kier molecular flexibility index (Phi) is 4.11. The highest BCUT2D eigenvalue weighted by Gasteiger charge is 2.27. The van der Waals surface area contributed by atoms with Crippen LogP contribution in [-0.2, 0) is 10.5 Å². The largest absolute Gasteiger partial charge is 0.362 e. The van der Waals surface area contributed by atoms with Crippen LogP contribution < -0.4 is 0 Å². The zero-order valence-electron chi connectivity index (χ0n) is 8.86. The van der Waals surface area contributed by atoms with Crippen LogP contribution in [0.5, 0.6) is 0 Å². The SMILES string of the molecule is CCCCC(O)(OC)c1ccccc1. The molecule has 1 rings (SSSR count). The minimum absolute atomic E-state index is 0.643. The van der Waals surface area contributed by atoms with E-state index in [0.29, 0.717) is 6.42 Å². The molecule has 1 aromatic carbocycles. The van der Waals surface area contributed by atoms with E-state index in [2.05, 4.69) is 6.92 Å². The molecule has 0 aliphatic rings. The molecule has 0 fully saturated rings. The van der Waals surface area contributed by atoms with Gasteiger partial charge in [0, 0.05) is 19.1 Å². The second-order valence-corrected chi connectivity index (χ2v) is 3.46. The minimum Gasteiger partial charge on any atom is -0.362 e. The molecule has 14 heavy (non-hydrogen) atoms. The Morgan fingerprint density at radius 3 is 2.43 bits per heavy atom. The summed E-state index contributed by atoms with van der Waals surface area (Å²) in [4.78, 5) is 0. The first-order valence-electron chi connectivity index (χ1n) is 5.06. The van der Waals surface area contributed by atoms with Crippen molar-refractivity contribution in [2.24, 2.45) is 0 Å². The predicted molar refractivity (Wildman–Crippen MR) is 56.9 cm³/mol. The molecule has 0 aliphatic carbocycles. The maximum Gasteiger partial charge on any atom is 0.191 e. The van der Waals surface area contributed by atoms with Gasteiger partial charge in [0.25, 0.3) is 0 Å². The van der Waals surface area contributed by atoms with E-state index in [4.69, 9.17) is 4.74 Å². The third-order valence-corrected chi connectivity index (χ3v) is 2.43. The van der Waals surface area contributed by atoms with Gasteiger partial charge in [0.2, 0.25) is 0 Å². The van der Waals surface area contributed by atoms with E-state index in [-0.39, 0.29) is 0 Å². The maximum absolute atomic E-state index is 10.2. The molecule has 78 valence electrons. The fourth-order valence-corrected chi connectivity index (χ4v) is 1.48. The third kappa shape index (κ3) is 2.56. The van der Waals surface area contributed by atoms with Crippen molar-refractivity contribution in [1.82, 2.24) is 0 Å². The number of methoxy groups -OCH3 is 1. The number of benzene rings is 1. The fraction of sp³-hybridized carbons (Fsp3) is 0.500. The van der Waals surface area contributed by atoms with Gasteiger partial charge in [0.05, 0.1) is 0 Å². The van der Waals surface area contributed by atoms with Gasteiger partial charge >= 0.3 is 0 Å². The summed E-state index contributed by atoms with van der Waals surface area (Å²) in [7, 11) is 1.54. The molecule has 1 aromatic rings. The summed E-state index contributed by atoms with van der Waals surface area (Å²) in [5, 5.41) is 10.2. The zero-order valence-corrected chi connectivity index (χ0v) is 8.86. The summed E-state index contributed by atoms with van der Waals surface area (Å²) in [5.74, 6) is -1.11. The van der Waals surface area contributed by atoms with Crippen LogP contribution in [-0.4, -0.2) is 12.2 Å². The van der Waals surface area contributed by atoms with E-state index in [9.17, 15) is 5.11 Å². The average Bonchev–Trinajstić information content (AvgIpc) is 2.27. The first-order valence-corrected chi connectivity index (χ1v) is 5.06. The van der Waals surface area contributed by atoms with E-state index in [1.807, 2.05) is 30.3 Å². The standard InChI is InChI=1S/C12H18O2/c1-3-4-10-12(13,14-2)11-8-6-5-7-9-11/h5-9,13H,3-4,10H2,1-2H3. The molecule has 0 saturated heterocycles. The number of aliphatic hydroxyl groups is 1. The van der Waals surface area contributed by atoms with Crippen molar-refractivity contribution in [2.45, 2.75) is 32.0 Å². The van der Waals surface area contributed by atoms with Gasteiger partial charge in [-0.3, -0.25) is 0 Å². The molecule has 0 aliphatic heterocycles. The highest BCUT2D eigenvalue weighted by molar-refractivity contribution is 5.19. The van der Waals surface area contributed by atoms with Crippen LogP contribution in [0.3, 0.4) is 0 Å². The molecule has 2 heteroatoms. The molecule has 1 N–H and O–H groups in total. The summed E-state index contributed by atoms with van der Waals surface area (Å²) in [6.45, 7) is 2.10. The zero-order chi connectivity index (χ0) is 10.4. The second-order valence-electron chi connectivity index (χ2n) is 3.46. The van der Waals surface area contributed by atoms with Crippen molar-refractivity contribution in [2.75, 3.05) is 7.11 Å². The smallest absolute Gasteiger partial charge is 0.191 e. The van der Waals surface area contributed by atoms with Crippen molar-refractivity contribution < 1.29 is 9.84 Å². The van der Waals surface area contributed by atoms with Crippen LogP contribution in [0, 0.1) is 0 Å². The van der Waals surface area contributed by atoms with E-state index in [0.717, 1.165) is 18.4 Å². The number of unbranched alkanes of at least 4 members (excludes halogenated alkanes) is 1. The summed E-state index contributed by atoms with van der Waals surface area (Å²) in [5.41, 5.74) is 0.830. The second kappa shape index (κ2) is 5.13. The fourth-order valence-electron chi connectivity index (χ4n) is 1.48. The van der Waals surface area contributed by atoms with Gasteiger partial charge in [-0.1, -0.05) is 43.7 Å². The molecular formula is C12H18O2. The van der Waals surface area contributed by atoms with Crippen LogP contribution in [0.4, 0.5) is 0 Å². The Bertz CT molecular complexity index is 258. The summed E-state index contributed by atoms with van der Waals surface area (Å²) >= 11 is 0. The van der Waals surface area contributed by atoms with Crippen LogP contribution >= 0.6 is 0 Å². The Balaban J connectivity index is 2.79. The molecular weight excluding hydrogens is 176 g/mol. The molecule has 1 atom stereocenters. The van der Waals surface area contributed by atoms with Crippen LogP contribution in [0.25, 0.3) is 0 Å². The monoisotopic (exact) mass is 194 g/mol. The van der Waals surface area contributed by atoms with Gasteiger partial charge in [-0.2, -0.15) is 0 Å². The number of rotatable bonds is 5. The molecule has 0 amide bonds. The lowest BCUT2D eigenvalue weighted by Gasteiger charge is -2.26. The van der Waals surface area contributed by atoms with Crippen LogP contribution in [0.15, 0.2) is 30.3 Å². The average molecular weight is 194 g/mol. The Morgan fingerprint density at radius 2 is 1.93 bits per heavy atom. The number of hydrogen-bond donors (Lipinski definition) is 1. The van der Waals surface area contributed by atoms with Crippen molar-refractivity contribution in [1.29, 1.82) is 0 Å². The molecule has 0 radical (unpaired) electrons. The molecule has 0 bridgehead atoms.